The monoisotopic (exact) mass is 198 g/mol. The van der Waals surface area contributed by atoms with Crippen LogP contribution in [0.4, 0.5) is 0 Å². The van der Waals surface area contributed by atoms with Crippen LogP contribution in [0, 0.1) is 0 Å². The van der Waals surface area contributed by atoms with E-state index in [4.69, 9.17) is 20.5 Å². The van der Waals surface area contributed by atoms with Gasteiger partial charge in [-0.1, -0.05) is 10.2 Å². The molecular weight excluding hydrogens is 188 g/mol. The van der Waals surface area contributed by atoms with Gasteiger partial charge in [-0.25, -0.2) is 0 Å². The van der Waals surface area contributed by atoms with Crippen LogP contribution in [0.15, 0.2) is 10.2 Å². The molecule has 1 aliphatic heterocycles. The van der Waals surface area contributed by atoms with E-state index in [9.17, 15) is 0 Å². The summed E-state index contributed by atoms with van der Waals surface area (Å²) in [6, 6.07) is -0.982. The van der Waals surface area contributed by atoms with E-state index in [1.807, 2.05) is 0 Å². The fraction of sp³-hybridized carbons (Fsp3) is 1.00. The maximum atomic E-state index is 8.33. The Labute approximate surface area is 80.1 Å². The Bertz CT molecular complexity index is 282. The number of hydrogen-bond acceptors (Lipinski definition) is 4. The van der Waals surface area contributed by atoms with Gasteiger partial charge in [0.05, 0.1) is 18.7 Å². The molecule has 0 saturated carbocycles. The average molecular weight is 198 g/mol. The lowest BCUT2D eigenvalue weighted by atomic mass is 10.0. The van der Waals surface area contributed by atoms with Gasteiger partial charge >= 0.3 is 0 Å². The van der Waals surface area contributed by atoms with Crippen molar-refractivity contribution < 1.29 is 9.47 Å². The number of azide groups is 2. The van der Waals surface area contributed by atoms with Gasteiger partial charge in [0.25, 0.3) is 0 Å². The van der Waals surface area contributed by atoms with E-state index in [1.165, 1.54) is 7.11 Å². The molecule has 8 heteroatoms. The molecule has 1 fully saturated rings. The van der Waals surface area contributed by atoms with Crippen molar-refractivity contribution in [3.05, 3.63) is 20.9 Å². The van der Waals surface area contributed by atoms with Gasteiger partial charge in [-0.05, 0) is 17.5 Å². The first-order chi connectivity index (χ1) is 6.83. The Morgan fingerprint density at radius 2 is 2.07 bits per heavy atom. The van der Waals surface area contributed by atoms with Crippen molar-refractivity contribution in [3.8, 4) is 0 Å². The summed E-state index contributed by atoms with van der Waals surface area (Å²) in [4.78, 5) is 5.36. The summed E-state index contributed by atoms with van der Waals surface area (Å²) < 4.78 is 10.2. The Balaban J connectivity index is 2.81. The van der Waals surface area contributed by atoms with Gasteiger partial charge in [-0.3, -0.25) is 0 Å². The van der Waals surface area contributed by atoms with Crippen LogP contribution in [-0.2, 0) is 9.47 Å². The zero-order valence-corrected chi connectivity index (χ0v) is 7.65. The highest BCUT2D eigenvalue weighted by Crippen LogP contribution is 2.21. The quantitative estimate of drug-likeness (QED) is 0.390. The molecule has 0 spiro atoms. The van der Waals surface area contributed by atoms with Crippen LogP contribution in [0.2, 0.25) is 0 Å². The van der Waals surface area contributed by atoms with Crippen LogP contribution < -0.4 is 0 Å². The lowest BCUT2D eigenvalue weighted by molar-refractivity contribution is -0.159. The van der Waals surface area contributed by atoms with Gasteiger partial charge in [-0.15, -0.1) is 0 Å². The second-order valence-corrected chi connectivity index (χ2v) is 2.73. The fourth-order valence-corrected chi connectivity index (χ4v) is 1.35. The third-order valence-electron chi connectivity index (χ3n) is 1.99. The number of ether oxygens (including phenoxy) is 2. The van der Waals surface area contributed by atoms with E-state index in [1.54, 1.807) is 0 Å². The van der Waals surface area contributed by atoms with Crippen LogP contribution in [0.1, 0.15) is 6.42 Å². The Kier molecular flexibility index (Phi) is 4.03. The molecule has 1 saturated heterocycles. The van der Waals surface area contributed by atoms with Crippen molar-refractivity contribution in [1.29, 1.82) is 0 Å². The molecule has 0 N–H and O–H groups in total. The smallest absolute Gasteiger partial charge is 0.166 e. The summed E-state index contributed by atoms with van der Waals surface area (Å²) in [5, 5.41) is 7.04. The highest BCUT2D eigenvalue weighted by atomic mass is 16.7. The summed E-state index contributed by atoms with van der Waals surface area (Å²) in [6.45, 7) is 0.430. The lowest BCUT2D eigenvalue weighted by Gasteiger charge is -2.31. The van der Waals surface area contributed by atoms with E-state index < -0.39 is 18.4 Å². The fourth-order valence-electron chi connectivity index (χ4n) is 1.35. The summed E-state index contributed by atoms with van der Waals surface area (Å²) in [5.74, 6) is 0. The van der Waals surface area contributed by atoms with E-state index in [2.05, 4.69) is 20.1 Å². The normalized spacial score (nSPS) is 31.4. The molecule has 8 nitrogen and oxygen atoms in total. The summed E-state index contributed by atoms with van der Waals surface area (Å²) in [6.07, 6.45) is -0.0942. The van der Waals surface area contributed by atoms with Gasteiger partial charge in [0, 0.05) is 16.9 Å². The van der Waals surface area contributed by atoms with Crippen LogP contribution in [0.25, 0.3) is 20.9 Å². The summed E-state index contributed by atoms with van der Waals surface area (Å²) in [5.41, 5.74) is 16.6. The number of nitrogens with zero attached hydrogens (tertiary/aromatic N) is 6. The number of rotatable bonds is 3. The minimum Gasteiger partial charge on any atom is -0.355 e. The van der Waals surface area contributed by atoms with Crippen molar-refractivity contribution in [2.75, 3.05) is 13.7 Å². The first-order valence-corrected chi connectivity index (χ1v) is 4.06. The summed E-state index contributed by atoms with van der Waals surface area (Å²) in [7, 11) is 1.45. The zero-order valence-electron chi connectivity index (χ0n) is 7.65. The molecule has 0 aromatic rings. The van der Waals surface area contributed by atoms with Crippen molar-refractivity contribution in [3.63, 3.8) is 0 Å². The van der Waals surface area contributed by atoms with Crippen LogP contribution in [0.3, 0.4) is 0 Å². The SMILES string of the molecule is COC1OCCC(N=[N+]=[N-])C1N=[N+]=[N-]. The van der Waals surface area contributed by atoms with E-state index >= 15 is 0 Å². The molecule has 1 rings (SSSR count). The Hall–Kier alpha value is -1.46. The molecule has 0 radical (unpaired) electrons. The van der Waals surface area contributed by atoms with E-state index in [0.29, 0.717) is 13.0 Å². The van der Waals surface area contributed by atoms with Crippen molar-refractivity contribution in [1.82, 2.24) is 0 Å². The largest absolute Gasteiger partial charge is 0.355 e. The molecule has 14 heavy (non-hydrogen) atoms. The first-order valence-electron chi connectivity index (χ1n) is 4.06. The van der Waals surface area contributed by atoms with Crippen LogP contribution in [-0.4, -0.2) is 32.1 Å². The second kappa shape index (κ2) is 5.31. The van der Waals surface area contributed by atoms with Gasteiger partial charge in [0.1, 0.15) is 0 Å². The zero-order chi connectivity index (χ0) is 10.4. The van der Waals surface area contributed by atoms with Crippen LogP contribution >= 0.6 is 0 Å². The topological polar surface area (TPSA) is 116 Å². The van der Waals surface area contributed by atoms with Gasteiger partial charge in [0.2, 0.25) is 0 Å². The van der Waals surface area contributed by atoms with Crippen LogP contribution in [0.5, 0.6) is 0 Å². The molecule has 3 atom stereocenters. The third-order valence-corrected chi connectivity index (χ3v) is 1.99. The molecule has 0 aromatic carbocycles. The molecule has 76 valence electrons. The van der Waals surface area contributed by atoms with E-state index in [0.717, 1.165) is 0 Å². The minimum atomic E-state index is -0.629. The maximum absolute atomic E-state index is 8.33. The standard InChI is InChI=1S/C6H10N6O2/c1-13-6-5(10-12-8)4(9-11-7)2-3-14-6/h4-6H,2-3H2,1H3. The Morgan fingerprint density at radius 3 is 2.64 bits per heavy atom. The molecule has 0 amide bonds. The highest BCUT2D eigenvalue weighted by Gasteiger charge is 2.33. The molecule has 1 aliphatic rings. The van der Waals surface area contributed by atoms with Gasteiger partial charge < -0.3 is 9.47 Å². The maximum Gasteiger partial charge on any atom is 0.166 e. The molecule has 0 bridgehead atoms. The minimum absolute atomic E-state index is 0.394. The third kappa shape index (κ3) is 2.27. The van der Waals surface area contributed by atoms with Crippen molar-refractivity contribution >= 4 is 0 Å². The second-order valence-electron chi connectivity index (χ2n) is 2.73. The van der Waals surface area contributed by atoms with Gasteiger partial charge in [0.15, 0.2) is 6.29 Å². The molecule has 1 heterocycles. The van der Waals surface area contributed by atoms with Crippen molar-refractivity contribution in [2.45, 2.75) is 24.8 Å². The predicted molar refractivity (Wildman–Crippen MR) is 47.2 cm³/mol. The van der Waals surface area contributed by atoms with Gasteiger partial charge in [-0.2, -0.15) is 0 Å². The molecular formula is C6H10N6O2. The molecule has 3 unspecified atom stereocenters. The van der Waals surface area contributed by atoms with E-state index in [-0.39, 0.29) is 0 Å². The van der Waals surface area contributed by atoms with Crippen molar-refractivity contribution in [2.24, 2.45) is 10.2 Å². The molecule has 0 aromatic heterocycles. The molecule has 0 aliphatic carbocycles. The lowest BCUT2D eigenvalue weighted by Crippen LogP contribution is -2.43. The predicted octanol–water partition coefficient (Wildman–Crippen LogP) is 1.74. The number of methoxy groups -OCH3 is 1. The average Bonchev–Trinajstić information content (AvgIpc) is 2.21. The highest BCUT2D eigenvalue weighted by molar-refractivity contribution is 4.88. The first kappa shape index (κ1) is 10.6. The number of hydrogen-bond donors (Lipinski definition) is 0. The Morgan fingerprint density at radius 1 is 1.36 bits per heavy atom. The summed E-state index contributed by atoms with van der Waals surface area (Å²) >= 11 is 0.